The van der Waals surface area contributed by atoms with Crippen LogP contribution in [0.4, 0.5) is 16.5 Å². The lowest BCUT2D eigenvalue weighted by Crippen LogP contribution is -2.44. The third kappa shape index (κ3) is 6.74. The largest absolute Gasteiger partial charge is 0.362 e. The van der Waals surface area contributed by atoms with Crippen LogP contribution in [-0.2, 0) is 30.4 Å². The number of benzene rings is 3. The van der Waals surface area contributed by atoms with E-state index < -0.39 is 36.5 Å². The molecule has 0 fully saturated rings. The van der Waals surface area contributed by atoms with Gasteiger partial charge in [-0.1, -0.05) is 11.3 Å². The highest BCUT2D eigenvalue weighted by Gasteiger charge is 2.28. The van der Waals surface area contributed by atoms with Crippen LogP contribution in [-0.4, -0.2) is 50.1 Å². The lowest BCUT2D eigenvalue weighted by Gasteiger charge is -2.35. The van der Waals surface area contributed by atoms with Gasteiger partial charge in [0.05, 0.1) is 30.6 Å². The molecule has 5 N–H and O–H groups in total. The predicted octanol–water partition coefficient (Wildman–Crippen LogP) is 5.01. The molecule has 5 rings (SSSR count). The van der Waals surface area contributed by atoms with E-state index in [1.165, 1.54) is 54.6 Å². The van der Waals surface area contributed by atoms with Gasteiger partial charge < -0.3 is 10.6 Å². The first-order chi connectivity index (χ1) is 20.8. The minimum Gasteiger partial charge on any atom is -0.362 e. The smallest absolute Gasteiger partial charge is 0.294 e. The molecule has 0 aliphatic carbocycles. The Labute approximate surface area is 264 Å². The first-order valence-electron chi connectivity index (χ1n) is 13.1. The Kier molecular flexibility index (Phi) is 8.32. The molecular formula is C28H28N4O9S4. The van der Waals surface area contributed by atoms with Crippen LogP contribution in [0.15, 0.2) is 92.3 Å². The molecule has 0 amide bonds. The number of hydrogen-bond donors (Lipinski definition) is 5. The highest BCUT2D eigenvalue weighted by Crippen LogP contribution is 2.40. The lowest BCUT2D eigenvalue weighted by atomic mass is 10.0. The SMILES string of the molecule is CC1=C(C)C(Nc2ccc(S(=O)(=O)O)cc2C)NC(N(c2nc3ccc(S(=O)(=O)O)cc3s2)c2ccc(S(=O)(=O)O)cc2C)=C1. The number of nitrogens with one attached hydrogen (secondary N) is 2. The highest BCUT2D eigenvalue weighted by atomic mass is 32.2. The Hall–Kier alpha value is -3.84. The van der Waals surface area contributed by atoms with Gasteiger partial charge in [-0.15, -0.1) is 0 Å². The van der Waals surface area contributed by atoms with Gasteiger partial charge in [0.15, 0.2) is 5.13 Å². The van der Waals surface area contributed by atoms with Crippen LogP contribution in [0, 0.1) is 13.8 Å². The lowest BCUT2D eigenvalue weighted by molar-refractivity contribution is 0.481. The molecule has 238 valence electrons. The van der Waals surface area contributed by atoms with E-state index >= 15 is 0 Å². The number of thiazole rings is 1. The van der Waals surface area contributed by atoms with E-state index in [1.54, 1.807) is 18.7 Å². The summed E-state index contributed by atoms with van der Waals surface area (Å²) in [5.41, 5.74) is 4.32. The van der Waals surface area contributed by atoms with Crippen LogP contribution >= 0.6 is 11.3 Å². The summed E-state index contributed by atoms with van der Waals surface area (Å²) >= 11 is 1.13. The number of aryl methyl sites for hydroxylation is 2. The number of allylic oxidation sites excluding steroid dienone is 2. The Balaban J connectivity index is 1.62. The molecule has 0 bridgehead atoms. The fraction of sp³-hybridized carbons (Fsp3) is 0.179. The van der Waals surface area contributed by atoms with E-state index in [4.69, 9.17) is 4.98 Å². The van der Waals surface area contributed by atoms with E-state index in [1.807, 2.05) is 19.9 Å². The van der Waals surface area contributed by atoms with Crippen molar-refractivity contribution < 1.29 is 38.9 Å². The molecule has 17 heteroatoms. The number of anilines is 3. The number of nitrogens with zero attached hydrogens (tertiary/aromatic N) is 2. The zero-order valence-electron chi connectivity index (χ0n) is 24.2. The number of rotatable bonds is 8. The zero-order valence-corrected chi connectivity index (χ0v) is 27.4. The van der Waals surface area contributed by atoms with Crippen molar-refractivity contribution in [3.63, 3.8) is 0 Å². The molecule has 45 heavy (non-hydrogen) atoms. The summed E-state index contributed by atoms with van der Waals surface area (Å²) < 4.78 is 99.5. The Morgan fingerprint density at radius 2 is 1.33 bits per heavy atom. The van der Waals surface area contributed by atoms with E-state index in [0.717, 1.165) is 22.5 Å². The maximum Gasteiger partial charge on any atom is 0.294 e. The monoisotopic (exact) mass is 692 g/mol. The van der Waals surface area contributed by atoms with Crippen molar-refractivity contribution in [2.75, 3.05) is 10.2 Å². The van der Waals surface area contributed by atoms with Gasteiger partial charge in [-0.05, 0) is 111 Å². The molecule has 1 aliphatic rings. The third-order valence-corrected chi connectivity index (χ3v) is 10.8. The summed E-state index contributed by atoms with van der Waals surface area (Å²) in [7, 11) is -13.3. The van der Waals surface area contributed by atoms with Crippen LogP contribution in [0.2, 0.25) is 0 Å². The molecule has 1 unspecified atom stereocenters. The standard InChI is InChI=1S/C28H28N4O9S4/c1-15-13-26(31-27(18(15)4)29-22-8-5-19(11-16(22)2)43(33,34)35)32(24-10-7-20(12-17(24)3)44(36,37)38)28-30-23-9-6-21(45(39,40)41)14-25(23)42-28/h5-14,27,29,31H,1-4H3,(H,33,34,35)(H,36,37,38)(H,39,40,41). The van der Waals surface area contributed by atoms with Crippen LogP contribution in [0.1, 0.15) is 25.0 Å². The second kappa shape index (κ2) is 11.5. The Morgan fingerprint density at radius 1 is 0.778 bits per heavy atom. The number of dihydropyridines is 1. The van der Waals surface area contributed by atoms with Crippen molar-refractivity contribution in [2.45, 2.75) is 48.5 Å². The van der Waals surface area contributed by atoms with E-state index in [9.17, 15) is 38.9 Å². The maximum absolute atomic E-state index is 11.8. The molecule has 0 spiro atoms. The third-order valence-electron chi connectivity index (χ3n) is 7.28. The zero-order chi connectivity index (χ0) is 33.1. The molecule has 1 aromatic heterocycles. The average Bonchev–Trinajstić information content (AvgIpc) is 3.34. The summed E-state index contributed by atoms with van der Waals surface area (Å²) in [4.78, 5) is 5.59. The van der Waals surface area contributed by atoms with Crippen molar-refractivity contribution in [3.8, 4) is 0 Å². The number of aromatic nitrogens is 1. The quantitative estimate of drug-likeness (QED) is 0.154. The molecule has 1 atom stereocenters. The molecule has 4 aromatic rings. The van der Waals surface area contributed by atoms with Crippen LogP contribution < -0.4 is 15.5 Å². The fourth-order valence-electron chi connectivity index (χ4n) is 4.76. The van der Waals surface area contributed by atoms with Gasteiger partial charge in [0.25, 0.3) is 30.4 Å². The van der Waals surface area contributed by atoms with Gasteiger partial charge in [0, 0.05) is 5.69 Å². The molecule has 3 aromatic carbocycles. The van der Waals surface area contributed by atoms with Crippen molar-refractivity contribution in [2.24, 2.45) is 0 Å². The highest BCUT2D eigenvalue weighted by molar-refractivity contribution is 7.86. The summed E-state index contributed by atoms with van der Waals surface area (Å²) in [5.74, 6) is 0.500. The van der Waals surface area contributed by atoms with Gasteiger partial charge in [0.2, 0.25) is 0 Å². The minimum absolute atomic E-state index is 0.242. The first kappa shape index (κ1) is 32.6. The summed E-state index contributed by atoms with van der Waals surface area (Å²) in [6.07, 6.45) is 1.33. The topological polar surface area (TPSA) is 203 Å². The first-order valence-corrected chi connectivity index (χ1v) is 18.2. The van der Waals surface area contributed by atoms with Gasteiger partial charge in [-0.2, -0.15) is 25.3 Å². The second-order valence-electron chi connectivity index (χ2n) is 10.4. The van der Waals surface area contributed by atoms with Gasteiger partial charge in [-0.3, -0.25) is 18.6 Å². The molecule has 13 nitrogen and oxygen atoms in total. The van der Waals surface area contributed by atoms with Crippen LogP contribution in [0.5, 0.6) is 0 Å². The van der Waals surface area contributed by atoms with Crippen molar-refractivity contribution in [1.82, 2.24) is 10.3 Å². The molecule has 0 radical (unpaired) electrons. The van der Waals surface area contributed by atoms with Crippen molar-refractivity contribution in [1.29, 1.82) is 0 Å². The van der Waals surface area contributed by atoms with Gasteiger partial charge >= 0.3 is 0 Å². The molecule has 0 saturated heterocycles. The molecule has 2 heterocycles. The second-order valence-corrected chi connectivity index (χ2v) is 15.7. The van der Waals surface area contributed by atoms with E-state index in [-0.39, 0.29) is 14.7 Å². The van der Waals surface area contributed by atoms with Gasteiger partial charge in [0.1, 0.15) is 12.0 Å². The average molecular weight is 693 g/mol. The number of fused-ring (bicyclic) bond motifs is 1. The molecule has 0 saturated carbocycles. The van der Waals surface area contributed by atoms with E-state index in [2.05, 4.69) is 10.6 Å². The summed E-state index contributed by atoms with van der Waals surface area (Å²) in [6, 6.07) is 12.3. The Morgan fingerprint density at radius 3 is 1.91 bits per heavy atom. The fourth-order valence-corrected chi connectivity index (χ4v) is 7.50. The molecular weight excluding hydrogens is 665 g/mol. The van der Waals surface area contributed by atoms with Crippen LogP contribution in [0.25, 0.3) is 10.2 Å². The predicted molar refractivity (Wildman–Crippen MR) is 171 cm³/mol. The Bertz CT molecular complexity index is 2260. The normalized spacial score (nSPS) is 16.0. The van der Waals surface area contributed by atoms with Crippen molar-refractivity contribution in [3.05, 3.63) is 88.8 Å². The maximum atomic E-state index is 11.8. The summed E-state index contributed by atoms with van der Waals surface area (Å²) in [6.45, 7) is 7.15. The van der Waals surface area contributed by atoms with Crippen LogP contribution in [0.3, 0.4) is 0 Å². The minimum atomic E-state index is -4.49. The van der Waals surface area contributed by atoms with Gasteiger partial charge in [-0.25, -0.2) is 4.98 Å². The summed E-state index contributed by atoms with van der Waals surface area (Å²) in [5, 5.41) is 7.14. The number of hydrogen-bond acceptors (Lipinski definition) is 11. The van der Waals surface area contributed by atoms with Crippen molar-refractivity contribution >= 4 is 68.4 Å². The molecule has 1 aliphatic heterocycles. The van der Waals surface area contributed by atoms with E-state index in [0.29, 0.717) is 43.7 Å².